The molecule has 3 aliphatic heterocycles. The highest BCUT2D eigenvalue weighted by Gasteiger charge is 2.44. The molecule has 2 aromatic carbocycles. The van der Waals surface area contributed by atoms with Gasteiger partial charge < -0.3 is 38.9 Å². The van der Waals surface area contributed by atoms with Crippen molar-refractivity contribution >= 4 is 21.6 Å². The first kappa shape index (κ1) is 34.9. The average Bonchev–Trinajstić information content (AvgIpc) is 3.79. The molecule has 0 aliphatic carbocycles. The lowest BCUT2D eigenvalue weighted by molar-refractivity contribution is -0.0907. The smallest absolute Gasteiger partial charge is 0.407 e. The van der Waals surface area contributed by atoms with Crippen LogP contribution < -0.4 is 14.8 Å². The van der Waals surface area contributed by atoms with Crippen LogP contribution in [0.3, 0.4) is 0 Å². The van der Waals surface area contributed by atoms with Crippen LogP contribution in [0.1, 0.15) is 58.4 Å². The number of sulfone groups is 1. The topological polar surface area (TPSA) is 151 Å². The lowest BCUT2D eigenvalue weighted by Crippen LogP contribution is -2.48. The average molecular weight is 675 g/mol. The second-order valence-corrected chi connectivity index (χ2v) is 15.5. The van der Waals surface area contributed by atoms with Crippen molar-refractivity contribution in [1.82, 2.24) is 5.32 Å². The SMILES string of the molecule is CO/N=C(\C)CCC(C)(C)CC(CC(O)[C@H](Cc1ccccc1)NC(=O)OC1COC2OCCC12)S(=O)(=O)c1ccc2c(c1)OCO2. The maximum Gasteiger partial charge on any atom is 0.407 e. The molecule has 2 fully saturated rings. The summed E-state index contributed by atoms with van der Waals surface area (Å²) in [4.78, 5) is 18.2. The molecule has 47 heavy (non-hydrogen) atoms. The highest BCUT2D eigenvalue weighted by molar-refractivity contribution is 7.92. The Kier molecular flexibility index (Phi) is 11.3. The lowest BCUT2D eigenvalue weighted by atomic mass is 9.81. The van der Waals surface area contributed by atoms with Gasteiger partial charge in [-0.2, -0.15) is 0 Å². The van der Waals surface area contributed by atoms with Gasteiger partial charge in [-0.25, -0.2) is 13.2 Å². The summed E-state index contributed by atoms with van der Waals surface area (Å²) in [6.07, 6.45) is -0.424. The molecule has 2 saturated heterocycles. The molecule has 5 unspecified atom stereocenters. The van der Waals surface area contributed by atoms with Crippen LogP contribution in [-0.2, 0) is 35.3 Å². The van der Waals surface area contributed by atoms with Gasteiger partial charge in [-0.05, 0) is 68.6 Å². The number of oxime groups is 1. The first-order valence-corrected chi connectivity index (χ1v) is 17.6. The molecule has 5 rings (SSSR count). The number of nitrogens with zero attached hydrogens (tertiary/aromatic N) is 1. The van der Waals surface area contributed by atoms with E-state index in [2.05, 4.69) is 10.5 Å². The number of ether oxygens (including phenoxy) is 5. The van der Waals surface area contributed by atoms with E-state index in [1.54, 1.807) is 6.07 Å². The van der Waals surface area contributed by atoms with Crippen molar-refractivity contribution in [2.45, 2.75) is 94.0 Å². The Morgan fingerprint density at radius 3 is 2.66 bits per heavy atom. The van der Waals surface area contributed by atoms with Gasteiger partial charge in [0.1, 0.15) is 13.2 Å². The van der Waals surface area contributed by atoms with Crippen molar-refractivity contribution in [1.29, 1.82) is 0 Å². The van der Waals surface area contributed by atoms with Crippen molar-refractivity contribution in [2.75, 3.05) is 27.1 Å². The van der Waals surface area contributed by atoms with Gasteiger partial charge in [0, 0.05) is 6.07 Å². The number of aliphatic hydroxyl groups is 1. The summed E-state index contributed by atoms with van der Waals surface area (Å²) in [5.74, 6) is 0.782. The highest BCUT2D eigenvalue weighted by atomic mass is 32.2. The molecule has 0 radical (unpaired) electrons. The highest BCUT2D eigenvalue weighted by Crippen LogP contribution is 2.39. The number of hydrogen-bond acceptors (Lipinski definition) is 11. The Hall–Kier alpha value is -3.39. The molecule has 258 valence electrons. The molecule has 3 heterocycles. The van der Waals surface area contributed by atoms with Gasteiger partial charge in [0.15, 0.2) is 27.6 Å². The van der Waals surface area contributed by atoms with Crippen LogP contribution in [0.5, 0.6) is 11.5 Å². The Bertz CT molecular complexity index is 1500. The van der Waals surface area contributed by atoms with Crippen LogP contribution in [0.4, 0.5) is 4.79 Å². The summed E-state index contributed by atoms with van der Waals surface area (Å²) in [5, 5.41) is 17.6. The van der Waals surface area contributed by atoms with Crippen molar-refractivity contribution in [3.8, 4) is 11.5 Å². The van der Waals surface area contributed by atoms with E-state index >= 15 is 0 Å². The first-order chi connectivity index (χ1) is 22.4. The maximum absolute atomic E-state index is 14.3. The minimum Gasteiger partial charge on any atom is -0.454 e. The Labute approximate surface area is 276 Å². The number of aliphatic hydroxyl groups excluding tert-OH is 1. The van der Waals surface area contributed by atoms with E-state index < -0.39 is 44.8 Å². The quantitative estimate of drug-likeness (QED) is 0.202. The minimum atomic E-state index is -3.99. The van der Waals surface area contributed by atoms with E-state index in [0.717, 1.165) is 17.7 Å². The third-order valence-electron chi connectivity index (χ3n) is 9.12. The molecule has 2 N–H and O–H groups in total. The molecule has 0 saturated carbocycles. The predicted molar refractivity (Wildman–Crippen MR) is 173 cm³/mol. The van der Waals surface area contributed by atoms with Gasteiger partial charge in [0.05, 0.1) is 47.1 Å². The number of fused-ring (bicyclic) bond motifs is 2. The van der Waals surface area contributed by atoms with Gasteiger partial charge in [0.2, 0.25) is 6.79 Å². The van der Waals surface area contributed by atoms with Crippen LogP contribution >= 0.6 is 0 Å². The second-order valence-electron chi connectivity index (χ2n) is 13.3. The number of nitrogens with one attached hydrogen (secondary N) is 1. The third-order valence-corrected chi connectivity index (χ3v) is 11.3. The van der Waals surface area contributed by atoms with E-state index in [4.69, 9.17) is 28.5 Å². The second kappa shape index (κ2) is 15.2. The molecule has 13 heteroatoms. The van der Waals surface area contributed by atoms with Crippen molar-refractivity contribution in [3.05, 3.63) is 54.1 Å². The fourth-order valence-corrected chi connectivity index (χ4v) is 8.50. The van der Waals surface area contributed by atoms with Crippen LogP contribution in [0, 0.1) is 11.3 Å². The van der Waals surface area contributed by atoms with Crippen LogP contribution in [0.25, 0.3) is 0 Å². The molecule has 0 spiro atoms. The molecule has 12 nitrogen and oxygen atoms in total. The summed E-state index contributed by atoms with van der Waals surface area (Å²) in [5.41, 5.74) is 1.21. The maximum atomic E-state index is 14.3. The number of benzene rings is 2. The molecule has 1 amide bonds. The van der Waals surface area contributed by atoms with Crippen molar-refractivity contribution in [3.63, 3.8) is 0 Å². The predicted octanol–water partition coefficient (Wildman–Crippen LogP) is 4.63. The molecule has 3 aliphatic rings. The number of carbonyl (C=O) groups excluding carboxylic acids is 1. The zero-order valence-electron chi connectivity index (χ0n) is 27.4. The van der Waals surface area contributed by atoms with Crippen LogP contribution in [0.15, 0.2) is 58.6 Å². The van der Waals surface area contributed by atoms with Gasteiger partial charge in [0.25, 0.3) is 0 Å². The first-order valence-electron chi connectivity index (χ1n) is 16.1. The van der Waals surface area contributed by atoms with Crippen LogP contribution in [0.2, 0.25) is 0 Å². The van der Waals surface area contributed by atoms with E-state index in [1.165, 1.54) is 19.2 Å². The summed E-state index contributed by atoms with van der Waals surface area (Å²) >= 11 is 0. The zero-order valence-corrected chi connectivity index (χ0v) is 28.2. The van der Waals surface area contributed by atoms with E-state index in [1.807, 2.05) is 51.1 Å². The number of alkyl carbamates (subject to hydrolysis) is 1. The Balaban J connectivity index is 1.38. The largest absolute Gasteiger partial charge is 0.454 e. The Morgan fingerprint density at radius 2 is 1.89 bits per heavy atom. The Morgan fingerprint density at radius 1 is 1.13 bits per heavy atom. The summed E-state index contributed by atoms with van der Waals surface area (Å²) < 4.78 is 56.5. The molecule has 6 atom stereocenters. The number of rotatable bonds is 15. The van der Waals surface area contributed by atoms with E-state index in [-0.39, 0.29) is 49.8 Å². The lowest BCUT2D eigenvalue weighted by Gasteiger charge is -2.33. The zero-order chi connectivity index (χ0) is 33.6. The van der Waals surface area contributed by atoms with Gasteiger partial charge in [-0.1, -0.05) is 49.3 Å². The molecule has 0 aromatic heterocycles. The van der Waals surface area contributed by atoms with Gasteiger partial charge >= 0.3 is 6.09 Å². The van der Waals surface area contributed by atoms with E-state index in [9.17, 15) is 18.3 Å². The van der Waals surface area contributed by atoms with Crippen LogP contribution in [-0.4, -0.2) is 82.2 Å². The standard InChI is InChI=1S/C34H46N2O10S/c1-22(36-41-4)12-14-34(2,3)19-25(47(39,40)24-10-11-29-30(18-24)45-21-44-29)17-28(37)27(16-23-8-6-5-7-9-23)35-33(38)46-31-20-43-32-26(31)13-15-42-32/h5-11,18,25-28,31-32,37H,12-17,19-21H2,1-4H3,(H,35,38)/b36-22+/t25?,26?,27-,28?,31?,32?/m0/s1. The fourth-order valence-electron chi connectivity index (χ4n) is 6.46. The fraction of sp³-hybridized carbons (Fsp3) is 0.588. The summed E-state index contributed by atoms with van der Waals surface area (Å²) in [6, 6.07) is 13.1. The molecular formula is C34H46N2O10S. The number of hydrogen-bond donors (Lipinski definition) is 2. The van der Waals surface area contributed by atoms with Crippen molar-refractivity contribution in [2.24, 2.45) is 16.5 Å². The van der Waals surface area contributed by atoms with Gasteiger partial charge in [-0.15, -0.1) is 0 Å². The summed E-state index contributed by atoms with van der Waals surface area (Å²) in [6.45, 7) is 6.65. The molecule has 2 aromatic rings. The van der Waals surface area contributed by atoms with Crippen molar-refractivity contribution < 1.29 is 46.8 Å². The minimum absolute atomic E-state index is 0.0146. The molecular weight excluding hydrogens is 628 g/mol. The number of amides is 1. The van der Waals surface area contributed by atoms with Gasteiger partial charge in [-0.3, -0.25) is 0 Å². The third kappa shape index (κ3) is 8.95. The number of carbonyl (C=O) groups is 1. The summed E-state index contributed by atoms with van der Waals surface area (Å²) in [7, 11) is -2.50. The normalized spacial score (nSPS) is 22.7. The van der Waals surface area contributed by atoms with E-state index in [0.29, 0.717) is 30.9 Å². The monoisotopic (exact) mass is 674 g/mol. The molecule has 0 bridgehead atoms.